The second kappa shape index (κ2) is 5.73. The molecule has 0 saturated carbocycles. The fourth-order valence-corrected chi connectivity index (χ4v) is 3.89. The van der Waals surface area contributed by atoms with E-state index in [0.29, 0.717) is 5.56 Å². The van der Waals surface area contributed by atoms with Gasteiger partial charge >= 0.3 is 0 Å². The summed E-state index contributed by atoms with van der Waals surface area (Å²) in [6.07, 6.45) is 0.119. The predicted molar refractivity (Wildman–Crippen MR) is 87.3 cm³/mol. The molecule has 1 aliphatic rings. The molecule has 0 radical (unpaired) electrons. The molecule has 1 heterocycles. The van der Waals surface area contributed by atoms with Crippen LogP contribution in [0.1, 0.15) is 11.1 Å². The third-order valence-corrected chi connectivity index (χ3v) is 5.53. The number of nitrogens with zero attached hydrogens (tertiary/aromatic N) is 2. The molecule has 7 nitrogen and oxygen atoms in total. The van der Waals surface area contributed by atoms with Crippen molar-refractivity contribution < 1.29 is 18.4 Å². The first-order valence-electron chi connectivity index (χ1n) is 7.06. The molecule has 0 aromatic heterocycles. The maximum atomic E-state index is 12.7. The molecule has 0 amide bonds. The molecule has 24 heavy (non-hydrogen) atoms. The number of rotatable bonds is 4. The van der Waals surface area contributed by atoms with Gasteiger partial charge in [0.1, 0.15) is 0 Å². The van der Waals surface area contributed by atoms with E-state index in [-0.39, 0.29) is 16.3 Å². The second-order valence-electron chi connectivity index (χ2n) is 5.38. The fourth-order valence-electron chi connectivity index (χ4n) is 2.42. The lowest BCUT2D eigenvalue weighted by atomic mass is 10.1. The van der Waals surface area contributed by atoms with Crippen molar-refractivity contribution in [2.24, 2.45) is 0 Å². The average molecular weight is 346 g/mol. The molecular formula is C16H14N2O5S. The number of aliphatic hydroxyl groups is 1. The minimum absolute atomic E-state index is 0.0691. The number of nitro benzene ring substituents is 1. The van der Waals surface area contributed by atoms with E-state index in [9.17, 15) is 23.6 Å². The van der Waals surface area contributed by atoms with Gasteiger partial charge in [-0.2, -0.15) is 0 Å². The van der Waals surface area contributed by atoms with Crippen LogP contribution in [0, 0.1) is 17.0 Å². The van der Waals surface area contributed by atoms with Crippen LogP contribution in [0.3, 0.4) is 0 Å². The highest BCUT2D eigenvalue weighted by Gasteiger charge is 2.38. The Kier molecular flexibility index (Phi) is 3.86. The first kappa shape index (κ1) is 16.2. The van der Waals surface area contributed by atoms with Gasteiger partial charge in [-0.15, -0.1) is 0 Å². The summed E-state index contributed by atoms with van der Waals surface area (Å²) in [5, 5.41) is 20.6. The van der Waals surface area contributed by atoms with Crippen molar-refractivity contribution in [2.45, 2.75) is 18.0 Å². The van der Waals surface area contributed by atoms with Crippen molar-refractivity contribution in [3.63, 3.8) is 0 Å². The molecule has 0 bridgehead atoms. The third-order valence-electron chi connectivity index (χ3n) is 3.74. The molecule has 124 valence electrons. The molecule has 1 unspecified atom stereocenters. The summed E-state index contributed by atoms with van der Waals surface area (Å²) in [5.41, 5.74) is 1.59. The van der Waals surface area contributed by atoms with Gasteiger partial charge in [0, 0.05) is 12.1 Å². The third kappa shape index (κ3) is 2.66. The van der Waals surface area contributed by atoms with Crippen LogP contribution in [0.4, 0.5) is 5.69 Å². The minimum atomic E-state index is -3.91. The number of benzene rings is 2. The number of hydrogen-bond donors (Lipinski definition) is 1. The van der Waals surface area contributed by atoms with E-state index < -0.39 is 21.2 Å². The van der Waals surface area contributed by atoms with Crippen LogP contribution in [-0.2, 0) is 10.0 Å². The standard InChI is InChI=1S/C16H14N2O5S/c1-11-2-8-14(9-3-11)24(22,23)17-15(10-16(17)19)12-4-6-13(7-5-12)18(20)21/h2-10,16,19H,1H3. The Morgan fingerprint density at radius 1 is 1.08 bits per heavy atom. The Balaban J connectivity index is 1.95. The predicted octanol–water partition coefficient (Wildman–Crippen LogP) is 2.27. The first-order valence-corrected chi connectivity index (χ1v) is 8.50. The van der Waals surface area contributed by atoms with E-state index in [4.69, 9.17) is 0 Å². The van der Waals surface area contributed by atoms with E-state index in [1.54, 1.807) is 12.1 Å². The van der Waals surface area contributed by atoms with Crippen molar-refractivity contribution >= 4 is 21.4 Å². The van der Waals surface area contributed by atoms with E-state index in [1.807, 2.05) is 6.92 Å². The topological polar surface area (TPSA) is 101 Å². The van der Waals surface area contributed by atoms with Crippen LogP contribution in [-0.4, -0.2) is 29.0 Å². The van der Waals surface area contributed by atoms with Crippen LogP contribution in [0.15, 0.2) is 59.5 Å². The number of aliphatic hydroxyl groups excluding tert-OH is 1. The van der Waals surface area contributed by atoms with Gasteiger partial charge in [-0.25, -0.2) is 12.7 Å². The molecular weight excluding hydrogens is 332 g/mol. The van der Waals surface area contributed by atoms with Gasteiger partial charge in [0.15, 0.2) is 6.23 Å². The number of sulfonamides is 1. The van der Waals surface area contributed by atoms with Gasteiger partial charge < -0.3 is 5.11 Å². The lowest BCUT2D eigenvalue weighted by Gasteiger charge is -2.37. The number of non-ortho nitro benzene ring substituents is 1. The Hall–Kier alpha value is -2.71. The van der Waals surface area contributed by atoms with Crippen LogP contribution >= 0.6 is 0 Å². The van der Waals surface area contributed by atoms with Crippen molar-refractivity contribution in [3.8, 4) is 0 Å². The van der Waals surface area contributed by atoms with Crippen molar-refractivity contribution in [2.75, 3.05) is 0 Å². The minimum Gasteiger partial charge on any atom is -0.369 e. The van der Waals surface area contributed by atoms with Crippen LogP contribution in [0.25, 0.3) is 5.70 Å². The van der Waals surface area contributed by atoms with Gasteiger partial charge in [0.2, 0.25) is 0 Å². The van der Waals surface area contributed by atoms with E-state index in [1.165, 1.54) is 42.5 Å². The van der Waals surface area contributed by atoms with E-state index in [2.05, 4.69) is 0 Å². The van der Waals surface area contributed by atoms with Gasteiger partial charge in [-0.05, 0) is 42.8 Å². The molecule has 1 N–H and O–H groups in total. The number of nitro groups is 1. The highest BCUT2D eigenvalue weighted by Crippen LogP contribution is 2.36. The van der Waals surface area contributed by atoms with E-state index >= 15 is 0 Å². The van der Waals surface area contributed by atoms with Crippen LogP contribution in [0.2, 0.25) is 0 Å². The smallest absolute Gasteiger partial charge is 0.269 e. The maximum absolute atomic E-state index is 12.7. The summed E-state index contributed by atoms with van der Waals surface area (Å²) in [4.78, 5) is 10.2. The maximum Gasteiger partial charge on any atom is 0.269 e. The summed E-state index contributed by atoms with van der Waals surface area (Å²) in [5.74, 6) is 0. The molecule has 2 aromatic rings. The normalized spacial score (nSPS) is 17.2. The lowest BCUT2D eigenvalue weighted by Crippen LogP contribution is -2.44. The fraction of sp³-hybridized carbons (Fsp3) is 0.125. The molecule has 0 aliphatic carbocycles. The van der Waals surface area contributed by atoms with E-state index in [0.717, 1.165) is 9.87 Å². The molecule has 0 fully saturated rings. The van der Waals surface area contributed by atoms with Gasteiger partial charge in [-0.3, -0.25) is 10.1 Å². The summed E-state index contributed by atoms with van der Waals surface area (Å²) in [7, 11) is -3.91. The summed E-state index contributed by atoms with van der Waals surface area (Å²) in [6, 6.07) is 11.8. The highest BCUT2D eigenvalue weighted by molar-refractivity contribution is 7.89. The zero-order valence-electron chi connectivity index (χ0n) is 12.7. The monoisotopic (exact) mass is 346 g/mol. The molecule has 8 heteroatoms. The van der Waals surface area contributed by atoms with Crippen molar-refractivity contribution in [1.29, 1.82) is 0 Å². The molecule has 0 spiro atoms. The Morgan fingerprint density at radius 2 is 1.67 bits per heavy atom. The number of hydrogen-bond acceptors (Lipinski definition) is 5. The summed E-state index contributed by atoms with van der Waals surface area (Å²) >= 11 is 0. The summed E-state index contributed by atoms with van der Waals surface area (Å²) in [6.45, 7) is 1.84. The zero-order valence-corrected chi connectivity index (χ0v) is 13.5. The van der Waals surface area contributed by atoms with Crippen molar-refractivity contribution in [1.82, 2.24) is 4.31 Å². The second-order valence-corrected chi connectivity index (χ2v) is 7.20. The number of aryl methyl sites for hydroxylation is 1. The van der Waals surface area contributed by atoms with Gasteiger partial charge in [-0.1, -0.05) is 17.7 Å². The molecule has 1 aliphatic heterocycles. The first-order chi connectivity index (χ1) is 11.3. The van der Waals surface area contributed by atoms with Crippen molar-refractivity contribution in [3.05, 3.63) is 75.8 Å². The zero-order chi connectivity index (χ0) is 17.5. The molecule has 3 rings (SSSR count). The lowest BCUT2D eigenvalue weighted by molar-refractivity contribution is -0.384. The largest absolute Gasteiger partial charge is 0.369 e. The Bertz CT molecular complexity index is 918. The van der Waals surface area contributed by atoms with Gasteiger partial charge in [0.05, 0.1) is 15.5 Å². The quantitative estimate of drug-likeness (QED) is 0.676. The molecule has 1 atom stereocenters. The van der Waals surface area contributed by atoms with Crippen LogP contribution < -0.4 is 0 Å². The molecule has 2 aromatic carbocycles. The Labute approximate surface area is 138 Å². The average Bonchev–Trinajstić information content (AvgIpc) is 2.52. The summed E-state index contributed by atoms with van der Waals surface area (Å²) < 4.78 is 26.3. The highest BCUT2D eigenvalue weighted by atomic mass is 32.2. The molecule has 0 saturated heterocycles. The Morgan fingerprint density at radius 3 is 2.17 bits per heavy atom. The SMILES string of the molecule is Cc1ccc(S(=O)(=O)N2C(c3ccc([N+](=O)[O-])cc3)=CC2O)cc1. The van der Waals surface area contributed by atoms with Gasteiger partial charge in [0.25, 0.3) is 15.7 Å². The van der Waals surface area contributed by atoms with Crippen LogP contribution in [0.5, 0.6) is 0 Å².